The summed E-state index contributed by atoms with van der Waals surface area (Å²) in [5.74, 6) is -51.7. The van der Waals surface area contributed by atoms with Gasteiger partial charge in [0.2, 0.25) is 0 Å². The molecule has 0 aromatic carbocycles. The summed E-state index contributed by atoms with van der Waals surface area (Å²) in [6.45, 7) is -2.21. The molecule has 0 saturated heterocycles. The van der Waals surface area contributed by atoms with Crippen molar-refractivity contribution in [1.82, 2.24) is 5.32 Å². The van der Waals surface area contributed by atoms with Crippen LogP contribution < -0.4 is 5.32 Å². The van der Waals surface area contributed by atoms with Crippen molar-refractivity contribution in [2.24, 2.45) is 0 Å². The van der Waals surface area contributed by atoms with Gasteiger partial charge < -0.3 is 29.4 Å². The second-order valence-corrected chi connectivity index (χ2v) is 7.37. The van der Waals surface area contributed by atoms with Crippen LogP contribution in [-0.2, 0) is 23.7 Å². The Morgan fingerprint density at radius 1 is 0.500 bits per heavy atom. The summed E-state index contributed by atoms with van der Waals surface area (Å²) in [6, 6.07) is 0. The lowest BCUT2D eigenvalue weighted by Crippen LogP contribution is -2.74. The van der Waals surface area contributed by atoms with Crippen LogP contribution >= 0.6 is 0 Å². The average Bonchev–Trinajstić information content (AvgIpc) is 2.82. The van der Waals surface area contributed by atoms with Gasteiger partial charge in [0, 0.05) is 6.54 Å². The predicted molar refractivity (Wildman–Crippen MR) is 99.1 cm³/mol. The minimum atomic E-state index is -8.46. The van der Waals surface area contributed by atoms with Crippen molar-refractivity contribution in [1.29, 1.82) is 0 Å². The van der Waals surface area contributed by atoms with Crippen LogP contribution in [0.1, 0.15) is 0 Å². The van der Waals surface area contributed by atoms with Crippen LogP contribution in [0.4, 0.5) is 65.9 Å². The van der Waals surface area contributed by atoms with Gasteiger partial charge in [0.1, 0.15) is 0 Å². The third kappa shape index (κ3) is 8.16. The number of nitrogens with one attached hydrogen (secondary N) is 1. The Balaban J connectivity index is 4.94. The molecule has 0 saturated carbocycles. The number of carbonyl (C=O) groups excluding carboxylic acids is 1. The van der Waals surface area contributed by atoms with Gasteiger partial charge in [-0.1, -0.05) is 0 Å². The molecule has 40 heavy (non-hydrogen) atoms. The number of alkyl halides is 15. The normalized spacial score (nSPS) is 14.5. The highest BCUT2D eigenvalue weighted by Crippen LogP contribution is 2.62. The monoisotopic (exact) mass is 633 g/mol. The third-order valence-electron chi connectivity index (χ3n) is 4.50. The van der Waals surface area contributed by atoms with Gasteiger partial charge in [0.15, 0.2) is 0 Å². The number of hydrogen-bond donors (Lipinski definition) is 2. The molecule has 1 amide bonds. The molecule has 0 radical (unpaired) electrons. The Morgan fingerprint density at radius 2 is 0.825 bits per heavy atom. The molecule has 0 rings (SSSR count). The maximum atomic E-state index is 13.7. The summed E-state index contributed by atoms with van der Waals surface area (Å²) in [5.41, 5.74) is 0. The van der Waals surface area contributed by atoms with Crippen molar-refractivity contribution in [3.05, 3.63) is 0 Å². The van der Waals surface area contributed by atoms with Gasteiger partial charge >= 0.3 is 41.7 Å². The molecule has 0 atom stereocenters. The highest BCUT2D eigenvalue weighted by atomic mass is 19.4. The van der Waals surface area contributed by atoms with Crippen LogP contribution in [0, 0.1) is 0 Å². The third-order valence-corrected chi connectivity index (χ3v) is 4.50. The Morgan fingerprint density at radius 3 is 1.20 bits per heavy atom. The lowest BCUT2D eigenvalue weighted by atomic mass is 9.91. The molecule has 0 spiro atoms. The maximum Gasteiger partial charge on any atom is 0.460 e. The molecule has 0 aromatic heterocycles. The van der Waals surface area contributed by atoms with E-state index in [1.807, 2.05) is 0 Å². The van der Waals surface area contributed by atoms with E-state index in [1.54, 1.807) is 0 Å². The Bertz CT molecular complexity index is 779. The van der Waals surface area contributed by atoms with E-state index in [4.69, 9.17) is 19.3 Å². The number of rotatable bonds is 20. The van der Waals surface area contributed by atoms with E-state index in [9.17, 15) is 70.7 Å². The van der Waals surface area contributed by atoms with E-state index in [-0.39, 0.29) is 52.9 Å². The summed E-state index contributed by atoms with van der Waals surface area (Å²) in [4.78, 5) is 11.3. The number of aliphatic hydroxyl groups excluding tert-OH is 1. The summed E-state index contributed by atoms with van der Waals surface area (Å²) < 4.78 is 216. The van der Waals surface area contributed by atoms with Gasteiger partial charge in [0.05, 0.1) is 59.5 Å². The summed E-state index contributed by atoms with van der Waals surface area (Å²) in [6.07, 6.45) is -7.71. The maximum absolute atomic E-state index is 13.7. The number of halogens is 15. The van der Waals surface area contributed by atoms with Crippen molar-refractivity contribution in [3.8, 4) is 0 Å². The molecule has 240 valence electrons. The van der Waals surface area contributed by atoms with E-state index >= 15 is 0 Å². The fraction of sp³-hybridized carbons (Fsp3) is 0.944. The molecule has 7 nitrogen and oxygen atoms in total. The number of ether oxygens (including phenoxy) is 4. The molecule has 0 aliphatic heterocycles. The highest BCUT2D eigenvalue weighted by molar-refractivity contribution is 5.84. The van der Waals surface area contributed by atoms with Gasteiger partial charge in [-0.25, -0.2) is 0 Å². The predicted octanol–water partition coefficient (Wildman–Crippen LogP) is 3.54. The minimum absolute atomic E-state index is 0.00813. The Kier molecular flexibility index (Phi) is 13.8. The molecule has 0 unspecified atom stereocenters. The highest BCUT2D eigenvalue weighted by Gasteiger charge is 2.94. The van der Waals surface area contributed by atoms with Gasteiger partial charge in [0.25, 0.3) is 5.91 Å². The summed E-state index contributed by atoms with van der Waals surface area (Å²) in [7, 11) is 0. The van der Waals surface area contributed by atoms with Gasteiger partial charge in [-0.15, -0.1) is 0 Å². The van der Waals surface area contributed by atoms with Gasteiger partial charge in [-0.3, -0.25) is 4.79 Å². The zero-order valence-corrected chi connectivity index (χ0v) is 19.7. The number of carbonyl (C=O) groups is 1. The first kappa shape index (κ1) is 38.2. The fourth-order valence-electron chi connectivity index (χ4n) is 2.28. The minimum Gasteiger partial charge on any atom is -0.394 e. The zero-order valence-electron chi connectivity index (χ0n) is 19.7. The molecule has 22 heteroatoms. The van der Waals surface area contributed by atoms with Crippen molar-refractivity contribution in [3.63, 3.8) is 0 Å². The van der Waals surface area contributed by atoms with Crippen LogP contribution in [0.2, 0.25) is 0 Å². The van der Waals surface area contributed by atoms with Crippen LogP contribution in [0.25, 0.3) is 0 Å². The first-order chi connectivity index (χ1) is 18.0. The van der Waals surface area contributed by atoms with Crippen molar-refractivity contribution in [2.75, 3.05) is 66.0 Å². The second kappa shape index (κ2) is 14.4. The largest absolute Gasteiger partial charge is 0.460 e. The molecule has 0 aliphatic rings. The lowest BCUT2D eigenvalue weighted by molar-refractivity contribution is -0.449. The van der Waals surface area contributed by atoms with Crippen LogP contribution in [0.15, 0.2) is 0 Å². The molecular weight excluding hydrogens is 611 g/mol. The smallest absolute Gasteiger partial charge is 0.394 e. The molecule has 0 fully saturated rings. The molecule has 0 aliphatic carbocycles. The SMILES string of the molecule is O=C(NCCOCCOCCOCCOCCO)C(F)(F)C(F)(F)C(F)(F)C(F)(F)C(F)(F)C(F)(F)C(F)(F)F. The quantitative estimate of drug-likeness (QED) is 0.158. The average molecular weight is 633 g/mol. The first-order valence-electron chi connectivity index (χ1n) is 10.5. The van der Waals surface area contributed by atoms with Crippen LogP contribution in [-0.4, -0.2) is 119 Å². The Hall–Kier alpha value is -1.78. The van der Waals surface area contributed by atoms with Crippen LogP contribution in [0.3, 0.4) is 0 Å². The number of hydrogen-bond acceptors (Lipinski definition) is 6. The van der Waals surface area contributed by atoms with E-state index in [2.05, 4.69) is 4.74 Å². The second-order valence-electron chi connectivity index (χ2n) is 7.37. The van der Waals surface area contributed by atoms with Crippen LogP contribution in [0.5, 0.6) is 0 Å². The lowest BCUT2D eigenvalue weighted by Gasteiger charge is -2.41. The first-order valence-corrected chi connectivity index (χ1v) is 10.5. The van der Waals surface area contributed by atoms with E-state index in [0.717, 1.165) is 5.32 Å². The van der Waals surface area contributed by atoms with Gasteiger partial charge in [-0.2, -0.15) is 65.9 Å². The molecular formula is C18H22F15NO6. The topological polar surface area (TPSA) is 86.3 Å². The van der Waals surface area contributed by atoms with E-state index in [1.165, 1.54) is 0 Å². The number of aliphatic hydroxyl groups is 1. The van der Waals surface area contributed by atoms with Crippen molar-refractivity contribution in [2.45, 2.75) is 41.7 Å². The van der Waals surface area contributed by atoms with Gasteiger partial charge in [-0.05, 0) is 0 Å². The summed E-state index contributed by atoms with van der Waals surface area (Å²) in [5, 5.41) is 9.26. The molecule has 2 N–H and O–H groups in total. The van der Waals surface area contributed by atoms with Crippen molar-refractivity contribution >= 4 is 5.91 Å². The number of amides is 1. The zero-order chi connectivity index (χ0) is 31.7. The molecule has 0 aromatic rings. The molecule has 0 heterocycles. The van der Waals surface area contributed by atoms with E-state index in [0.29, 0.717) is 0 Å². The standard InChI is InChI=1S/C18H22F15NO6/c19-12(20,11(36)34-1-3-37-5-7-39-9-10-40-8-6-38-4-2-35)13(21,22)14(23,24)15(25,26)16(27,28)17(29,30)18(31,32)33/h35H,1-10H2,(H,34,36). The van der Waals surface area contributed by atoms with E-state index < -0.39 is 60.8 Å². The fourth-order valence-corrected chi connectivity index (χ4v) is 2.28. The Labute approximate surface area is 214 Å². The molecule has 0 bridgehead atoms. The summed E-state index contributed by atoms with van der Waals surface area (Å²) >= 11 is 0. The van der Waals surface area contributed by atoms with Crippen molar-refractivity contribution < 1.29 is 94.7 Å².